The summed E-state index contributed by atoms with van der Waals surface area (Å²) in [5.41, 5.74) is 0. The van der Waals surface area contributed by atoms with Gasteiger partial charge in [0, 0.05) is 12.1 Å². The molecule has 0 bridgehead atoms. The average Bonchev–Trinajstić information content (AvgIpc) is 2.43. The van der Waals surface area contributed by atoms with Crippen LogP contribution >= 0.6 is 0 Å². The van der Waals surface area contributed by atoms with Crippen molar-refractivity contribution in [2.75, 3.05) is 7.11 Å². The summed E-state index contributed by atoms with van der Waals surface area (Å²) in [6.07, 6.45) is -0.544. The first-order chi connectivity index (χ1) is 9.85. The number of hydrogen-bond donors (Lipinski definition) is 1. The molecule has 1 amide bonds. The lowest BCUT2D eigenvalue weighted by molar-refractivity contribution is -0.128. The molecule has 1 rings (SSSR count). The smallest absolute Gasteiger partial charge is 0.261 e. The van der Waals surface area contributed by atoms with Crippen molar-refractivity contribution in [2.45, 2.75) is 46.8 Å². The van der Waals surface area contributed by atoms with Crippen LogP contribution in [0.15, 0.2) is 24.3 Å². The molecule has 1 N–H and O–H groups in total. The highest BCUT2D eigenvalue weighted by Crippen LogP contribution is 2.20. The Kier molecular flexibility index (Phi) is 6.53. The van der Waals surface area contributed by atoms with E-state index in [0.717, 1.165) is 0 Å². The van der Waals surface area contributed by atoms with Crippen LogP contribution in [-0.2, 0) is 4.79 Å². The lowest BCUT2D eigenvalue weighted by atomic mass is 9.93. The van der Waals surface area contributed by atoms with Crippen molar-refractivity contribution >= 4 is 5.91 Å². The van der Waals surface area contributed by atoms with Crippen molar-refractivity contribution in [3.8, 4) is 11.5 Å². The predicted octanol–water partition coefficient (Wildman–Crippen LogP) is 3.26. The quantitative estimate of drug-likeness (QED) is 0.839. The summed E-state index contributed by atoms with van der Waals surface area (Å²) in [7, 11) is 1.60. The van der Waals surface area contributed by atoms with Gasteiger partial charge in [0.2, 0.25) is 0 Å². The molecule has 0 aliphatic carbocycles. The molecule has 0 aliphatic heterocycles. The molecule has 0 spiro atoms. The second kappa shape index (κ2) is 7.91. The molecule has 1 aromatic rings. The van der Waals surface area contributed by atoms with E-state index in [4.69, 9.17) is 9.47 Å². The minimum absolute atomic E-state index is 0.0924. The average molecular weight is 293 g/mol. The number of nitrogens with one attached hydrogen (secondary N) is 1. The second-order valence-corrected chi connectivity index (χ2v) is 5.96. The van der Waals surface area contributed by atoms with Crippen molar-refractivity contribution in [2.24, 2.45) is 11.8 Å². The summed E-state index contributed by atoms with van der Waals surface area (Å²) < 4.78 is 10.8. The van der Waals surface area contributed by atoms with Gasteiger partial charge in [0.05, 0.1) is 7.11 Å². The van der Waals surface area contributed by atoms with Gasteiger partial charge in [-0.3, -0.25) is 4.79 Å². The van der Waals surface area contributed by atoms with Crippen LogP contribution in [0.3, 0.4) is 0 Å². The first-order valence-electron chi connectivity index (χ1n) is 7.46. The van der Waals surface area contributed by atoms with E-state index in [2.05, 4.69) is 33.0 Å². The fourth-order valence-corrected chi connectivity index (χ4v) is 2.32. The number of methoxy groups -OCH3 is 1. The van der Waals surface area contributed by atoms with Gasteiger partial charge in [0.1, 0.15) is 11.5 Å². The van der Waals surface area contributed by atoms with Crippen LogP contribution in [0, 0.1) is 11.8 Å². The molecule has 1 aromatic carbocycles. The molecule has 1 atom stereocenters. The lowest BCUT2D eigenvalue weighted by Crippen LogP contribution is -2.47. The van der Waals surface area contributed by atoms with Crippen LogP contribution < -0.4 is 14.8 Å². The van der Waals surface area contributed by atoms with E-state index in [1.807, 2.05) is 18.2 Å². The zero-order valence-corrected chi connectivity index (χ0v) is 13.8. The highest BCUT2D eigenvalue weighted by molar-refractivity contribution is 5.81. The van der Waals surface area contributed by atoms with Crippen LogP contribution in [0.4, 0.5) is 0 Å². The minimum Gasteiger partial charge on any atom is -0.497 e. The lowest BCUT2D eigenvalue weighted by Gasteiger charge is -2.27. The summed E-state index contributed by atoms with van der Waals surface area (Å²) in [5.74, 6) is 2.02. The molecule has 0 fully saturated rings. The normalized spacial score (nSPS) is 12.6. The van der Waals surface area contributed by atoms with Gasteiger partial charge in [-0.05, 0) is 30.9 Å². The van der Waals surface area contributed by atoms with Crippen molar-refractivity contribution < 1.29 is 14.3 Å². The van der Waals surface area contributed by atoms with Crippen LogP contribution in [0.25, 0.3) is 0 Å². The Balaban J connectivity index is 2.65. The predicted molar refractivity (Wildman–Crippen MR) is 84.7 cm³/mol. The summed E-state index contributed by atoms with van der Waals surface area (Å²) in [5, 5.41) is 3.07. The number of benzene rings is 1. The molecule has 0 aromatic heterocycles. The van der Waals surface area contributed by atoms with Crippen molar-refractivity contribution in [3.63, 3.8) is 0 Å². The monoisotopic (exact) mass is 293 g/mol. The SMILES string of the molecule is COc1cccc(O[C@@H](C)C(=O)NC(C(C)C)C(C)C)c1. The summed E-state index contributed by atoms with van der Waals surface area (Å²) >= 11 is 0. The summed E-state index contributed by atoms with van der Waals surface area (Å²) in [6, 6.07) is 7.41. The Labute approximate surface area is 127 Å². The summed E-state index contributed by atoms with van der Waals surface area (Å²) in [4.78, 5) is 12.3. The maximum atomic E-state index is 12.3. The van der Waals surface area contributed by atoms with Gasteiger partial charge >= 0.3 is 0 Å². The highest BCUT2D eigenvalue weighted by Gasteiger charge is 2.23. The molecule has 0 aliphatic rings. The molecule has 118 valence electrons. The molecule has 4 heteroatoms. The third-order valence-corrected chi connectivity index (χ3v) is 3.47. The molecular formula is C17H27NO3. The van der Waals surface area contributed by atoms with Crippen LogP contribution in [0.1, 0.15) is 34.6 Å². The maximum Gasteiger partial charge on any atom is 0.261 e. The molecule has 21 heavy (non-hydrogen) atoms. The van der Waals surface area contributed by atoms with Gasteiger partial charge in [0.15, 0.2) is 6.10 Å². The van der Waals surface area contributed by atoms with Crippen LogP contribution in [0.5, 0.6) is 11.5 Å². The topological polar surface area (TPSA) is 47.6 Å². The zero-order valence-electron chi connectivity index (χ0n) is 13.8. The van der Waals surface area contributed by atoms with Gasteiger partial charge in [-0.25, -0.2) is 0 Å². The van der Waals surface area contributed by atoms with Crippen LogP contribution in [0.2, 0.25) is 0 Å². The van der Waals surface area contributed by atoms with Gasteiger partial charge in [-0.15, -0.1) is 0 Å². The Hall–Kier alpha value is -1.71. The number of rotatable bonds is 7. The van der Waals surface area contributed by atoms with Gasteiger partial charge in [-0.2, -0.15) is 0 Å². The minimum atomic E-state index is -0.544. The molecule has 0 heterocycles. The Bertz CT molecular complexity index is 449. The second-order valence-electron chi connectivity index (χ2n) is 5.96. The largest absolute Gasteiger partial charge is 0.497 e. The Morgan fingerprint density at radius 3 is 2.14 bits per heavy atom. The van der Waals surface area contributed by atoms with E-state index in [1.165, 1.54) is 0 Å². The van der Waals surface area contributed by atoms with E-state index in [1.54, 1.807) is 20.1 Å². The van der Waals surface area contributed by atoms with Crippen molar-refractivity contribution in [3.05, 3.63) is 24.3 Å². The highest BCUT2D eigenvalue weighted by atomic mass is 16.5. The molecule has 4 nitrogen and oxygen atoms in total. The molecule has 0 radical (unpaired) electrons. The standard InChI is InChI=1S/C17H27NO3/c1-11(2)16(12(3)4)18-17(19)13(5)21-15-9-7-8-14(10-15)20-6/h7-13,16H,1-6H3,(H,18,19)/t13-/m0/s1. The van der Waals surface area contributed by atoms with E-state index in [9.17, 15) is 4.79 Å². The number of amides is 1. The van der Waals surface area contributed by atoms with Gasteiger partial charge < -0.3 is 14.8 Å². The van der Waals surface area contributed by atoms with Gasteiger partial charge in [-0.1, -0.05) is 33.8 Å². The number of hydrogen-bond acceptors (Lipinski definition) is 3. The zero-order chi connectivity index (χ0) is 16.0. The number of ether oxygens (including phenoxy) is 2. The van der Waals surface area contributed by atoms with E-state index in [0.29, 0.717) is 23.3 Å². The molecule has 0 saturated carbocycles. The third kappa shape index (κ3) is 5.29. The third-order valence-electron chi connectivity index (χ3n) is 3.47. The maximum absolute atomic E-state index is 12.3. The first-order valence-corrected chi connectivity index (χ1v) is 7.46. The number of carbonyl (C=O) groups excluding carboxylic acids is 1. The fourth-order valence-electron chi connectivity index (χ4n) is 2.32. The van der Waals surface area contributed by atoms with Crippen molar-refractivity contribution in [1.29, 1.82) is 0 Å². The van der Waals surface area contributed by atoms with E-state index in [-0.39, 0.29) is 11.9 Å². The molecule has 0 saturated heterocycles. The van der Waals surface area contributed by atoms with E-state index < -0.39 is 6.10 Å². The van der Waals surface area contributed by atoms with Crippen molar-refractivity contribution in [1.82, 2.24) is 5.32 Å². The Morgan fingerprint density at radius 1 is 1.05 bits per heavy atom. The molecule has 0 unspecified atom stereocenters. The van der Waals surface area contributed by atoms with E-state index >= 15 is 0 Å². The van der Waals surface area contributed by atoms with Crippen LogP contribution in [-0.4, -0.2) is 25.2 Å². The van der Waals surface area contributed by atoms with Gasteiger partial charge in [0.25, 0.3) is 5.91 Å². The number of carbonyl (C=O) groups is 1. The first kappa shape index (κ1) is 17.3. The Morgan fingerprint density at radius 2 is 1.62 bits per heavy atom. The summed E-state index contributed by atoms with van der Waals surface area (Å²) in [6.45, 7) is 10.2. The molecular weight excluding hydrogens is 266 g/mol. The fraction of sp³-hybridized carbons (Fsp3) is 0.588.